The first-order valence-electron chi connectivity index (χ1n) is 6.33. The number of aromatic nitrogens is 2. The highest BCUT2D eigenvalue weighted by Crippen LogP contribution is 2.28. The van der Waals surface area contributed by atoms with Gasteiger partial charge in [-0.3, -0.25) is 0 Å². The van der Waals surface area contributed by atoms with Gasteiger partial charge in [-0.05, 0) is 18.9 Å². The van der Waals surface area contributed by atoms with Crippen LogP contribution in [0.1, 0.15) is 18.5 Å². The molecule has 0 bridgehead atoms. The van der Waals surface area contributed by atoms with Gasteiger partial charge in [-0.1, -0.05) is 15.9 Å². The van der Waals surface area contributed by atoms with Crippen LogP contribution in [-0.2, 0) is 10.9 Å². The molecule has 4 nitrogen and oxygen atoms in total. The molecule has 0 aromatic carbocycles. The van der Waals surface area contributed by atoms with E-state index in [2.05, 4.69) is 25.9 Å². The fourth-order valence-electron chi connectivity index (χ4n) is 2.09. The Morgan fingerprint density at radius 1 is 1.35 bits per heavy atom. The van der Waals surface area contributed by atoms with Crippen molar-refractivity contribution in [2.75, 3.05) is 29.9 Å². The van der Waals surface area contributed by atoms with Crippen LogP contribution in [0, 0.1) is 0 Å². The lowest BCUT2D eigenvalue weighted by Crippen LogP contribution is -2.38. The van der Waals surface area contributed by atoms with Crippen molar-refractivity contribution in [1.29, 1.82) is 0 Å². The van der Waals surface area contributed by atoms with E-state index in [4.69, 9.17) is 4.74 Å². The van der Waals surface area contributed by atoms with Crippen LogP contribution < -0.4 is 4.90 Å². The van der Waals surface area contributed by atoms with Crippen molar-refractivity contribution in [3.05, 3.63) is 18.0 Å². The average Bonchev–Trinajstić information content (AvgIpc) is 2.45. The Labute approximate surface area is 123 Å². The van der Waals surface area contributed by atoms with Crippen LogP contribution in [0.3, 0.4) is 0 Å². The summed E-state index contributed by atoms with van der Waals surface area (Å²) >= 11 is 3.29. The molecule has 2 heterocycles. The van der Waals surface area contributed by atoms with Gasteiger partial charge in [0, 0.05) is 24.6 Å². The molecule has 8 heteroatoms. The molecule has 0 aliphatic carbocycles. The largest absolute Gasteiger partial charge is 0.433 e. The molecule has 0 radical (unpaired) electrons. The second kappa shape index (κ2) is 6.71. The predicted molar refractivity (Wildman–Crippen MR) is 72.0 cm³/mol. The van der Waals surface area contributed by atoms with Gasteiger partial charge in [-0.25, -0.2) is 9.97 Å². The molecule has 20 heavy (non-hydrogen) atoms. The fraction of sp³-hybridized carbons (Fsp3) is 0.667. The van der Waals surface area contributed by atoms with Gasteiger partial charge in [0.15, 0.2) is 0 Å². The van der Waals surface area contributed by atoms with Crippen molar-refractivity contribution in [3.63, 3.8) is 0 Å². The number of anilines is 1. The molecule has 1 aromatic heterocycles. The number of ether oxygens (including phenoxy) is 1. The van der Waals surface area contributed by atoms with E-state index in [1.165, 1.54) is 0 Å². The van der Waals surface area contributed by atoms with Crippen molar-refractivity contribution >= 4 is 21.9 Å². The van der Waals surface area contributed by atoms with E-state index >= 15 is 0 Å². The third-order valence-electron chi connectivity index (χ3n) is 3.09. The number of nitrogens with zero attached hydrogens (tertiary/aromatic N) is 3. The van der Waals surface area contributed by atoms with Crippen LogP contribution in [-0.4, -0.2) is 41.1 Å². The number of alkyl halides is 4. The summed E-state index contributed by atoms with van der Waals surface area (Å²) in [6, 6.07) is 0.884. The molecule has 1 aliphatic rings. The Bertz CT molecular complexity index is 436. The van der Waals surface area contributed by atoms with Gasteiger partial charge in [0.25, 0.3) is 0 Å². The number of rotatable bonds is 4. The second-order valence-corrected chi connectivity index (χ2v) is 5.28. The van der Waals surface area contributed by atoms with Gasteiger partial charge in [0.2, 0.25) is 5.95 Å². The number of hydrogen-bond donors (Lipinski definition) is 0. The molecule has 0 N–H and O–H groups in total. The standard InChI is InChI=1S/C12H15BrF3N3O/c13-4-8-20-9-2-6-19(7-3-9)11-17-5-1-10(18-11)12(14,15)16/h1,5,9H,2-4,6-8H2. The highest BCUT2D eigenvalue weighted by molar-refractivity contribution is 9.09. The van der Waals surface area contributed by atoms with E-state index in [9.17, 15) is 13.2 Å². The summed E-state index contributed by atoms with van der Waals surface area (Å²) in [7, 11) is 0. The van der Waals surface area contributed by atoms with Crippen LogP contribution in [0.5, 0.6) is 0 Å². The molecule has 0 saturated carbocycles. The number of hydrogen-bond acceptors (Lipinski definition) is 4. The fourth-order valence-corrected chi connectivity index (χ4v) is 2.28. The van der Waals surface area contributed by atoms with Gasteiger partial charge in [-0.2, -0.15) is 13.2 Å². The Morgan fingerprint density at radius 2 is 2.05 bits per heavy atom. The van der Waals surface area contributed by atoms with Gasteiger partial charge < -0.3 is 9.64 Å². The van der Waals surface area contributed by atoms with Crippen LogP contribution in [0.4, 0.5) is 19.1 Å². The lowest BCUT2D eigenvalue weighted by molar-refractivity contribution is -0.141. The van der Waals surface area contributed by atoms with Crippen LogP contribution in [0.15, 0.2) is 12.3 Å². The van der Waals surface area contributed by atoms with E-state index in [1.807, 2.05) is 0 Å². The number of halogens is 4. The molecule has 0 unspecified atom stereocenters. The smallest absolute Gasteiger partial charge is 0.377 e. The highest BCUT2D eigenvalue weighted by Gasteiger charge is 2.33. The van der Waals surface area contributed by atoms with Crippen molar-refractivity contribution in [1.82, 2.24) is 9.97 Å². The van der Waals surface area contributed by atoms with Crippen LogP contribution >= 0.6 is 15.9 Å². The lowest BCUT2D eigenvalue weighted by Gasteiger charge is -2.32. The maximum atomic E-state index is 12.6. The zero-order chi connectivity index (χ0) is 14.6. The van der Waals surface area contributed by atoms with Crippen LogP contribution in [0.2, 0.25) is 0 Å². The third-order valence-corrected chi connectivity index (χ3v) is 3.41. The van der Waals surface area contributed by atoms with E-state index in [0.29, 0.717) is 19.7 Å². The Hall–Kier alpha value is -0.890. The summed E-state index contributed by atoms with van der Waals surface area (Å²) in [4.78, 5) is 9.29. The van der Waals surface area contributed by atoms with Gasteiger partial charge in [0.05, 0.1) is 12.7 Å². The first kappa shape index (κ1) is 15.5. The summed E-state index contributed by atoms with van der Waals surface area (Å²) in [6.45, 7) is 1.85. The molecule has 2 rings (SSSR count). The summed E-state index contributed by atoms with van der Waals surface area (Å²) in [6.07, 6.45) is -1.58. The topological polar surface area (TPSA) is 38.2 Å². The quantitative estimate of drug-likeness (QED) is 0.780. The molecule has 0 spiro atoms. The highest BCUT2D eigenvalue weighted by atomic mass is 79.9. The van der Waals surface area contributed by atoms with Gasteiger partial charge in [0.1, 0.15) is 5.69 Å². The first-order chi connectivity index (χ1) is 9.50. The minimum Gasteiger partial charge on any atom is -0.377 e. The predicted octanol–water partition coefficient (Wildman–Crippen LogP) is 2.88. The minimum absolute atomic E-state index is 0.138. The zero-order valence-electron chi connectivity index (χ0n) is 10.7. The zero-order valence-corrected chi connectivity index (χ0v) is 12.3. The SMILES string of the molecule is FC(F)(F)c1ccnc(N2CCC(OCCBr)CC2)n1. The molecule has 0 amide bonds. The Kier molecular flexibility index (Phi) is 5.20. The minimum atomic E-state index is -4.44. The molecule has 1 saturated heterocycles. The summed E-state index contributed by atoms with van der Waals surface area (Å²) < 4.78 is 43.4. The molecule has 1 aromatic rings. The average molecular weight is 354 g/mol. The van der Waals surface area contributed by atoms with E-state index in [-0.39, 0.29) is 12.1 Å². The van der Waals surface area contributed by atoms with Crippen molar-refractivity contribution in [2.45, 2.75) is 25.1 Å². The summed E-state index contributed by atoms with van der Waals surface area (Å²) in [5.74, 6) is 0.138. The van der Waals surface area contributed by atoms with Crippen LogP contribution in [0.25, 0.3) is 0 Å². The number of piperidine rings is 1. The molecular formula is C12H15BrF3N3O. The Morgan fingerprint density at radius 3 is 2.65 bits per heavy atom. The van der Waals surface area contributed by atoms with Crippen molar-refractivity contribution in [3.8, 4) is 0 Å². The molecule has 0 atom stereocenters. The molecular weight excluding hydrogens is 339 g/mol. The molecule has 1 fully saturated rings. The van der Waals surface area contributed by atoms with E-state index in [0.717, 1.165) is 30.4 Å². The monoisotopic (exact) mass is 353 g/mol. The lowest BCUT2D eigenvalue weighted by atomic mass is 10.1. The van der Waals surface area contributed by atoms with Crippen molar-refractivity contribution in [2.24, 2.45) is 0 Å². The summed E-state index contributed by atoms with van der Waals surface area (Å²) in [5.41, 5.74) is -0.903. The van der Waals surface area contributed by atoms with Gasteiger partial charge >= 0.3 is 6.18 Å². The van der Waals surface area contributed by atoms with E-state index in [1.54, 1.807) is 4.90 Å². The summed E-state index contributed by atoms with van der Waals surface area (Å²) in [5, 5.41) is 0.782. The molecule has 112 valence electrons. The van der Waals surface area contributed by atoms with Gasteiger partial charge in [-0.15, -0.1) is 0 Å². The molecule has 1 aliphatic heterocycles. The second-order valence-electron chi connectivity index (χ2n) is 4.49. The maximum absolute atomic E-state index is 12.6. The Balaban J connectivity index is 1.97. The van der Waals surface area contributed by atoms with E-state index < -0.39 is 11.9 Å². The maximum Gasteiger partial charge on any atom is 0.433 e. The van der Waals surface area contributed by atoms with Crippen molar-refractivity contribution < 1.29 is 17.9 Å². The normalized spacial score (nSPS) is 17.5. The first-order valence-corrected chi connectivity index (χ1v) is 7.45. The third kappa shape index (κ3) is 4.05.